The standard InChI is InChI=1S/C14H10F4N2O3S/c1-19-11-8-9(15)2-3-10(11)13(12(19)21)4-6-20(7-5-13)24(22,23)14(16,17)18/h2-8H,1H3. The molecule has 24 heavy (non-hydrogen) atoms. The van der Waals surface area contributed by atoms with Gasteiger partial charge in [-0.3, -0.25) is 4.79 Å². The third kappa shape index (κ3) is 2.05. The molecular formula is C14H10F4N2O3S. The fourth-order valence-electron chi connectivity index (χ4n) is 2.72. The molecule has 0 aliphatic carbocycles. The van der Waals surface area contributed by atoms with Gasteiger partial charge in [0.15, 0.2) is 0 Å². The molecule has 0 unspecified atom stereocenters. The SMILES string of the molecule is CN1C(=O)C2(C=CN(S(=O)(=O)C(F)(F)F)C=C2)c2ccc(F)cc21. The van der Waals surface area contributed by atoms with Crippen molar-refractivity contribution in [3.05, 3.63) is 54.1 Å². The Hall–Kier alpha value is -2.36. The zero-order valence-corrected chi connectivity index (χ0v) is 12.9. The Bertz CT molecular complexity index is 876. The maximum atomic E-state index is 13.4. The van der Waals surface area contributed by atoms with Crippen LogP contribution in [0.25, 0.3) is 0 Å². The van der Waals surface area contributed by atoms with Gasteiger partial charge in [-0.15, -0.1) is 0 Å². The minimum Gasteiger partial charge on any atom is -0.314 e. The molecular weight excluding hydrogens is 352 g/mol. The highest BCUT2D eigenvalue weighted by Crippen LogP contribution is 2.45. The van der Waals surface area contributed by atoms with Crippen LogP contribution in [0.4, 0.5) is 23.2 Å². The number of likely N-dealkylation sites (N-methyl/N-ethyl adjacent to an activating group) is 1. The van der Waals surface area contributed by atoms with E-state index in [2.05, 4.69) is 0 Å². The van der Waals surface area contributed by atoms with Crippen LogP contribution in [0, 0.1) is 5.82 Å². The van der Waals surface area contributed by atoms with Crippen LogP contribution in [-0.4, -0.2) is 31.2 Å². The molecule has 10 heteroatoms. The first kappa shape index (κ1) is 16.5. The lowest BCUT2D eigenvalue weighted by atomic mass is 9.80. The summed E-state index contributed by atoms with van der Waals surface area (Å²) in [6, 6.07) is 3.59. The van der Waals surface area contributed by atoms with Crippen molar-refractivity contribution in [2.75, 3.05) is 11.9 Å². The van der Waals surface area contributed by atoms with Crippen molar-refractivity contribution < 1.29 is 30.8 Å². The smallest absolute Gasteiger partial charge is 0.314 e. The second kappa shape index (κ2) is 4.82. The van der Waals surface area contributed by atoms with E-state index in [-0.39, 0.29) is 9.99 Å². The average Bonchev–Trinajstić information content (AvgIpc) is 2.69. The van der Waals surface area contributed by atoms with Crippen LogP contribution >= 0.6 is 0 Å². The van der Waals surface area contributed by atoms with Crippen LogP contribution < -0.4 is 4.90 Å². The summed E-state index contributed by atoms with van der Waals surface area (Å²) in [7, 11) is -4.19. The molecule has 0 saturated carbocycles. The van der Waals surface area contributed by atoms with Gasteiger partial charge in [-0.1, -0.05) is 6.07 Å². The summed E-state index contributed by atoms with van der Waals surface area (Å²) in [4.78, 5) is 13.7. The number of rotatable bonds is 1. The van der Waals surface area contributed by atoms with Crippen molar-refractivity contribution in [2.45, 2.75) is 10.9 Å². The van der Waals surface area contributed by atoms with Gasteiger partial charge in [0, 0.05) is 19.4 Å². The zero-order valence-electron chi connectivity index (χ0n) is 12.1. The van der Waals surface area contributed by atoms with Gasteiger partial charge in [-0.25, -0.2) is 8.70 Å². The number of amides is 1. The third-order valence-electron chi connectivity index (χ3n) is 3.96. The zero-order chi connectivity index (χ0) is 17.9. The second-order valence-electron chi connectivity index (χ2n) is 5.31. The van der Waals surface area contributed by atoms with Crippen LogP contribution in [0.2, 0.25) is 0 Å². The summed E-state index contributed by atoms with van der Waals surface area (Å²) in [5.41, 5.74) is -6.31. The minimum atomic E-state index is -5.59. The Morgan fingerprint density at radius 2 is 1.71 bits per heavy atom. The first-order valence-corrected chi connectivity index (χ1v) is 8.01. The molecule has 0 bridgehead atoms. The monoisotopic (exact) mass is 362 g/mol. The molecule has 3 rings (SSSR count). The van der Waals surface area contributed by atoms with E-state index in [1.807, 2.05) is 0 Å². The minimum absolute atomic E-state index is 0.00690. The van der Waals surface area contributed by atoms with Crippen LogP contribution in [0.1, 0.15) is 5.56 Å². The second-order valence-corrected chi connectivity index (χ2v) is 7.14. The van der Waals surface area contributed by atoms with Crippen molar-refractivity contribution in [1.29, 1.82) is 0 Å². The Balaban J connectivity index is 2.07. The maximum Gasteiger partial charge on any atom is 0.517 e. The first-order valence-electron chi connectivity index (χ1n) is 6.57. The highest BCUT2D eigenvalue weighted by molar-refractivity contribution is 7.90. The molecule has 1 spiro atoms. The highest BCUT2D eigenvalue weighted by Gasteiger charge is 2.52. The molecule has 1 aromatic rings. The van der Waals surface area contributed by atoms with E-state index < -0.39 is 32.7 Å². The molecule has 128 valence electrons. The molecule has 5 nitrogen and oxygen atoms in total. The summed E-state index contributed by atoms with van der Waals surface area (Å²) in [6.45, 7) is 0. The van der Waals surface area contributed by atoms with E-state index in [4.69, 9.17) is 0 Å². The largest absolute Gasteiger partial charge is 0.517 e. The fourth-order valence-corrected chi connectivity index (χ4v) is 3.40. The Morgan fingerprint density at radius 3 is 2.25 bits per heavy atom. The van der Waals surface area contributed by atoms with E-state index >= 15 is 0 Å². The predicted octanol–water partition coefficient (Wildman–Crippen LogP) is 2.23. The van der Waals surface area contributed by atoms with Crippen LogP contribution in [-0.2, 0) is 20.2 Å². The quantitative estimate of drug-likeness (QED) is 0.720. The lowest BCUT2D eigenvalue weighted by Gasteiger charge is -2.28. The number of anilines is 1. The van der Waals surface area contributed by atoms with Crippen molar-refractivity contribution in [3.8, 4) is 0 Å². The van der Waals surface area contributed by atoms with E-state index in [1.165, 1.54) is 18.0 Å². The number of nitrogens with zero attached hydrogens (tertiary/aromatic N) is 2. The third-order valence-corrected chi connectivity index (χ3v) is 5.35. The van der Waals surface area contributed by atoms with Gasteiger partial charge in [0.1, 0.15) is 11.2 Å². The summed E-state index contributed by atoms with van der Waals surface area (Å²) < 4.78 is 74.0. The number of benzene rings is 1. The number of carbonyl (C=O) groups excluding carboxylic acids is 1. The summed E-state index contributed by atoms with van der Waals surface area (Å²) in [5.74, 6) is -1.10. The summed E-state index contributed by atoms with van der Waals surface area (Å²) in [5, 5.41) is 0. The number of carbonyl (C=O) groups is 1. The van der Waals surface area contributed by atoms with Crippen molar-refractivity contribution in [2.24, 2.45) is 0 Å². The molecule has 0 aromatic heterocycles. The van der Waals surface area contributed by atoms with E-state index in [9.17, 15) is 30.8 Å². The lowest BCUT2D eigenvalue weighted by Crippen LogP contribution is -2.40. The van der Waals surface area contributed by atoms with E-state index in [0.717, 1.165) is 24.3 Å². The number of halogens is 4. The number of hydrogen-bond donors (Lipinski definition) is 0. The molecule has 0 atom stereocenters. The molecule has 0 N–H and O–H groups in total. The van der Waals surface area contributed by atoms with Gasteiger partial charge in [0.05, 0.1) is 5.69 Å². The molecule has 0 radical (unpaired) electrons. The molecule has 2 aliphatic rings. The number of sulfonamides is 1. The summed E-state index contributed by atoms with van der Waals surface area (Å²) >= 11 is 0. The number of hydrogen-bond acceptors (Lipinski definition) is 3. The van der Waals surface area contributed by atoms with Gasteiger partial charge >= 0.3 is 15.5 Å². The van der Waals surface area contributed by atoms with Crippen LogP contribution in [0.5, 0.6) is 0 Å². The van der Waals surface area contributed by atoms with Crippen LogP contribution in [0.15, 0.2) is 42.8 Å². The van der Waals surface area contributed by atoms with Crippen LogP contribution in [0.3, 0.4) is 0 Å². The van der Waals surface area contributed by atoms with E-state index in [1.54, 1.807) is 0 Å². The topological polar surface area (TPSA) is 57.7 Å². The lowest BCUT2D eigenvalue weighted by molar-refractivity contribution is -0.120. The van der Waals surface area contributed by atoms with Crippen molar-refractivity contribution >= 4 is 21.6 Å². The van der Waals surface area contributed by atoms with Crippen molar-refractivity contribution in [3.63, 3.8) is 0 Å². The molecule has 1 amide bonds. The molecule has 2 aliphatic heterocycles. The Labute approximate surface area is 134 Å². The average molecular weight is 362 g/mol. The predicted molar refractivity (Wildman–Crippen MR) is 76.6 cm³/mol. The van der Waals surface area contributed by atoms with Gasteiger partial charge in [0.25, 0.3) is 0 Å². The van der Waals surface area contributed by atoms with Gasteiger partial charge in [-0.05, 0) is 29.8 Å². The maximum absolute atomic E-state index is 13.4. The van der Waals surface area contributed by atoms with Gasteiger partial charge < -0.3 is 4.90 Å². The van der Waals surface area contributed by atoms with Gasteiger partial charge in [-0.2, -0.15) is 21.6 Å². The number of alkyl halides is 3. The highest BCUT2D eigenvalue weighted by atomic mass is 32.2. The first-order chi connectivity index (χ1) is 11.0. The molecule has 0 fully saturated rings. The summed E-state index contributed by atoms with van der Waals surface area (Å²) in [6.07, 6.45) is 3.46. The fraction of sp³-hybridized carbons (Fsp3) is 0.214. The normalized spacial score (nSPS) is 19.3. The Kier molecular flexibility index (Phi) is 3.31. The number of fused-ring (bicyclic) bond motifs is 2. The van der Waals surface area contributed by atoms with Gasteiger partial charge in [0.2, 0.25) is 5.91 Å². The molecule has 0 saturated heterocycles. The van der Waals surface area contributed by atoms with E-state index in [0.29, 0.717) is 18.0 Å². The molecule has 1 aromatic carbocycles. The van der Waals surface area contributed by atoms with Crippen molar-refractivity contribution in [1.82, 2.24) is 4.31 Å². The molecule has 2 heterocycles. The Morgan fingerprint density at radius 1 is 1.12 bits per heavy atom.